The van der Waals surface area contributed by atoms with Crippen molar-refractivity contribution < 1.29 is 27.5 Å². The number of anilines is 1. The fourth-order valence-electron chi connectivity index (χ4n) is 2.32. The number of alkyl halides is 3. The van der Waals surface area contributed by atoms with Crippen molar-refractivity contribution in [3.05, 3.63) is 23.8 Å². The minimum Gasteiger partial charge on any atom is -0.484 e. The van der Waals surface area contributed by atoms with E-state index in [9.17, 15) is 22.8 Å². The first-order valence-corrected chi connectivity index (χ1v) is 6.80. The number of nitrogens with zero attached hydrogens (tertiary/aromatic N) is 1. The lowest BCUT2D eigenvalue weighted by atomic mass is 10.0. The molecule has 1 amide bonds. The van der Waals surface area contributed by atoms with Gasteiger partial charge in [0.15, 0.2) is 5.78 Å². The van der Waals surface area contributed by atoms with E-state index < -0.39 is 17.7 Å². The average molecular weight is 315 g/mol. The number of carbonyl (C=O) groups excluding carboxylic acids is 2. The summed E-state index contributed by atoms with van der Waals surface area (Å²) in [5.74, 6) is -2.03. The second kappa shape index (κ2) is 5.30. The average Bonchev–Trinajstić information content (AvgIpc) is 2.42. The number of ether oxygens (including phenoxy) is 1. The summed E-state index contributed by atoms with van der Waals surface area (Å²) in [6.45, 7) is 4.59. The molecule has 0 aliphatic carbocycles. The number of ketones is 1. The van der Waals surface area contributed by atoms with Gasteiger partial charge in [-0.3, -0.25) is 14.5 Å². The molecule has 0 bridgehead atoms. The van der Waals surface area contributed by atoms with Crippen molar-refractivity contribution in [2.45, 2.75) is 39.0 Å². The number of fused-ring (bicyclic) bond motifs is 1. The Kier molecular flexibility index (Phi) is 3.93. The van der Waals surface area contributed by atoms with Gasteiger partial charge in [-0.2, -0.15) is 13.2 Å². The number of rotatable bonds is 2. The Morgan fingerprint density at radius 2 is 1.95 bits per heavy atom. The maximum absolute atomic E-state index is 12.8. The molecular formula is C15H16F3NO3. The molecule has 1 heterocycles. The summed E-state index contributed by atoms with van der Waals surface area (Å²) in [5.41, 5.74) is -0.727. The summed E-state index contributed by atoms with van der Waals surface area (Å²) in [7, 11) is 0. The molecule has 2 rings (SSSR count). The van der Waals surface area contributed by atoms with E-state index >= 15 is 0 Å². The van der Waals surface area contributed by atoms with Crippen LogP contribution in [0.2, 0.25) is 0 Å². The van der Waals surface area contributed by atoms with Crippen LogP contribution in [0.1, 0.15) is 37.6 Å². The molecular weight excluding hydrogens is 299 g/mol. The van der Waals surface area contributed by atoms with Crippen molar-refractivity contribution in [1.82, 2.24) is 0 Å². The quantitative estimate of drug-likeness (QED) is 0.786. The van der Waals surface area contributed by atoms with Gasteiger partial charge < -0.3 is 4.74 Å². The highest BCUT2D eigenvalue weighted by molar-refractivity contribution is 6.02. The van der Waals surface area contributed by atoms with Gasteiger partial charge in [0.25, 0.3) is 0 Å². The third-order valence-electron chi connectivity index (χ3n) is 3.31. The van der Waals surface area contributed by atoms with Crippen molar-refractivity contribution in [3.63, 3.8) is 0 Å². The zero-order chi connectivity index (χ0) is 16.7. The second-order valence-electron chi connectivity index (χ2n) is 5.71. The molecule has 1 aliphatic rings. The number of hydrogen-bond acceptors (Lipinski definition) is 3. The molecule has 0 aromatic heterocycles. The van der Waals surface area contributed by atoms with E-state index in [2.05, 4.69) is 0 Å². The fourth-order valence-corrected chi connectivity index (χ4v) is 2.32. The Morgan fingerprint density at radius 1 is 1.32 bits per heavy atom. The molecule has 0 fully saturated rings. The summed E-state index contributed by atoms with van der Waals surface area (Å²) in [4.78, 5) is 24.0. The first kappa shape index (κ1) is 16.3. The van der Waals surface area contributed by atoms with Crippen molar-refractivity contribution in [3.8, 4) is 5.75 Å². The molecule has 22 heavy (non-hydrogen) atoms. The summed E-state index contributed by atoms with van der Waals surface area (Å²) < 4.78 is 44.0. The number of carbonyl (C=O) groups is 2. The smallest absolute Gasteiger partial charge is 0.471 e. The maximum atomic E-state index is 12.8. The Labute approximate surface area is 125 Å². The topological polar surface area (TPSA) is 46.6 Å². The summed E-state index contributed by atoms with van der Waals surface area (Å²) >= 11 is 0. The van der Waals surface area contributed by atoms with E-state index in [1.54, 1.807) is 20.8 Å². The number of Topliss-reactive ketones (excluding diaryl/α,β-unsaturated/α-hetero) is 1. The van der Waals surface area contributed by atoms with Gasteiger partial charge >= 0.3 is 12.1 Å². The Hall–Kier alpha value is -2.05. The first-order valence-electron chi connectivity index (χ1n) is 6.80. The molecule has 0 spiro atoms. The van der Waals surface area contributed by atoms with Crippen molar-refractivity contribution in [2.75, 3.05) is 11.4 Å². The van der Waals surface area contributed by atoms with Crippen molar-refractivity contribution >= 4 is 17.4 Å². The van der Waals surface area contributed by atoms with E-state index in [4.69, 9.17) is 4.74 Å². The van der Waals surface area contributed by atoms with E-state index in [1.165, 1.54) is 18.2 Å². The minimum absolute atomic E-state index is 0.0269. The van der Waals surface area contributed by atoms with Gasteiger partial charge in [-0.25, -0.2) is 0 Å². The van der Waals surface area contributed by atoms with Crippen LogP contribution in [0.15, 0.2) is 18.2 Å². The third kappa shape index (κ3) is 3.08. The molecule has 120 valence electrons. The van der Waals surface area contributed by atoms with Gasteiger partial charge in [0.05, 0.1) is 12.2 Å². The molecule has 1 aromatic rings. The zero-order valence-electron chi connectivity index (χ0n) is 12.5. The van der Waals surface area contributed by atoms with Crippen molar-refractivity contribution in [1.29, 1.82) is 0 Å². The van der Waals surface area contributed by atoms with Crippen LogP contribution in [0.25, 0.3) is 0 Å². The minimum atomic E-state index is -4.99. The first-order chi connectivity index (χ1) is 10.0. The van der Waals surface area contributed by atoms with Crippen LogP contribution in [0, 0.1) is 0 Å². The Bertz CT molecular complexity index is 623. The highest BCUT2D eigenvalue weighted by Crippen LogP contribution is 2.39. The van der Waals surface area contributed by atoms with Crippen LogP contribution in [0.4, 0.5) is 18.9 Å². The number of benzene rings is 1. The van der Waals surface area contributed by atoms with Crippen LogP contribution in [-0.4, -0.2) is 30.0 Å². The van der Waals surface area contributed by atoms with E-state index in [0.717, 1.165) is 0 Å². The Balaban J connectivity index is 2.53. The molecule has 1 aliphatic heterocycles. The van der Waals surface area contributed by atoms with E-state index in [-0.39, 0.29) is 35.7 Å². The Morgan fingerprint density at radius 3 is 2.50 bits per heavy atom. The van der Waals surface area contributed by atoms with Gasteiger partial charge in [-0.05, 0) is 32.0 Å². The predicted molar refractivity (Wildman–Crippen MR) is 74.2 cm³/mol. The molecule has 0 saturated heterocycles. The van der Waals surface area contributed by atoms with Crippen LogP contribution in [0.5, 0.6) is 5.75 Å². The monoisotopic (exact) mass is 315 g/mol. The van der Waals surface area contributed by atoms with Gasteiger partial charge in [-0.15, -0.1) is 0 Å². The molecule has 0 unspecified atom stereocenters. The second-order valence-corrected chi connectivity index (χ2v) is 5.71. The van der Waals surface area contributed by atoms with Crippen LogP contribution in [0.3, 0.4) is 0 Å². The van der Waals surface area contributed by atoms with Crippen LogP contribution in [-0.2, 0) is 4.79 Å². The SMILES string of the molecule is CCC(=O)c1ccc2c(c1)N(C(=O)C(F)(F)F)CC(C)(C)O2. The van der Waals surface area contributed by atoms with Crippen LogP contribution >= 0.6 is 0 Å². The lowest BCUT2D eigenvalue weighted by molar-refractivity contribution is -0.171. The third-order valence-corrected chi connectivity index (χ3v) is 3.31. The van der Waals surface area contributed by atoms with Gasteiger partial charge in [0.2, 0.25) is 0 Å². The van der Waals surface area contributed by atoms with Gasteiger partial charge in [-0.1, -0.05) is 6.92 Å². The molecule has 0 N–H and O–H groups in total. The lowest BCUT2D eigenvalue weighted by Crippen LogP contribution is -2.53. The maximum Gasteiger partial charge on any atom is 0.471 e. The fraction of sp³-hybridized carbons (Fsp3) is 0.467. The standard InChI is InChI=1S/C15H16F3NO3/c1-4-11(20)9-5-6-12-10(7-9)19(8-14(2,3)22-12)13(21)15(16,17)18/h5-7H,4,8H2,1-3H3. The highest BCUT2D eigenvalue weighted by atomic mass is 19.4. The number of halogens is 3. The molecule has 1 aromatic carbocycles. The van der Waals surface area contributed by atoms with E-state index in [0.29, 0.717) is 4.90 Å². The van der Waals surface area contributed by atoms with Crippen LogP contribution < -0.4 is 9.64 Å². The molecule has 7 heteroatoms. The largest absolute Gasteiger partial charge is 0.484 e. The van der Waals surface area contributed by atoms with Gasteiger partial charge in [0, 0.05) is 12.0 Å². The van der Waals surface area contributed by atoms with Crippen molar-refractivity contribution in [2.24, 2.45) is 0 Å². The number of amides is 1. The number of hydrogen-bond donors (Lipinski definition) is 0. The molecule has 0 atom stereocenters. The molecule has 0 saturated carbocycles. The predicted octanol–water partition coefficient (Wildman–Crippen LogP) is 3.35. The molecule has 4 nitrogen and oxygen atoms in total. The summed E-state index contributed by atoms with van der Waals surface area (Å²) in [5, 5.41) is 0. The summed E-state index contributed by atoms with van der Waals surface area (Å²) in [6, 6.07) is 4.19. The lowest BCUT2D eigenvalue weighted by Gasteiger charge is -2.40. The van der Waals surface area contributed by atoms with E-state index in [1.807, 2.05) is 0 Å². The summed E-state index contributed by atoms with van der Waals surface area (Å²) in [6.07, 6.45) is -4.77. The highest BCUT2D eigenvalue weighted by Gasteiger charge is 2.47. The van der Waals surface area contributed by atoms with Gasteiger partial charge in [0.1, 0.15) is 11.4 Å². The zero-order valence-corrected chi connectivity index (χ0v) is 12.5. The molecule has 0 radical (unpaired) electrons. The normalized spacial score (nSPS) is 16.7.